The smallest absolute Gasteiger partial charge is 0.246 e. The molecular formula is C23H22F2N6. The van der Waals surface area contributed by atoms with Crippen molar-refractivity contribution >= 4 is 11.6 Å². The molecule has 3 heterocycles. The lowest BCUT2D eigenvalue weighted by Gasteiger charge is -2.14. The van der Waals surface area contributed by atoms with Gasteiger partial charge in [0.1, 0.15) is 17.5 Å². The van der Waals surface area contributed by atoms with Gasteiger partial charge in [-0.15, -0.1) is 5.10 Å². The Labute approximate surface area is 178 Å². The van der Waals surface area contributed by atoms with E-state index in [4.69, 9.17) is 4.98 Å². The summed E-state index contributed by atoms with van der Waals surface area (Å²) in [4.78, 5) is 8.85. The zero-order chi connectivity index (χ0) is 21.4. The zero-order valence-corrected chi connectivity index (χ0v) is 17.1. The highest BCUT2D eigenvalue weighted by molar-refractivity contribution is 5.56. The Bertz CT molecular complexity index is 1210. The standard InChI is InChI=1S/C23H22F2N6/c1-15-13-30(14-26-15)21-10-9-18(12-20(21)25)27-23-28-22-19(4-2-3-11-31(22)29-23)16-5-7-17(24)8-6-16/h5-10,12-14,19H,2-4,11H2,1H3,(H,27,29)/t19-/m0/s1. The van der Waals surface area contributed by atoms with Crippen LogP contribution >= 0.6 is 0 Å². The van der Waals surface area contributed by atoms with Crippen LogP contribution < -0.4 is 5.32 Å². The van der Waals surface area contributed by atoms with Crippen molar-refractivity contribution in [1.29, 1.82) is 0 Å². The summed E-state index contributed by atoms with van der Waals surface area (Å²) in [5.74, 6) is 0.701. The minimum Gasteiger partial charge on any atom is -0.323 e. The fraction of sp³-hybridized carbons (Fsp3) is 0.261. The molecule has 0 amide bonds. The number of imidazole rings is 1. The summed E-state index contributed by atoms with van der Waals surface area (Å²) in [5, 5.41) is 7.72. The lowest BCUT2D eigenvalue weighted by Crippen LogP contribution is -2.08. The summed E-state index contributed by atoms with van der Waals surface area (Å²) in [7, 11) is 0. The summed E-state index contributed by atoms with van der Waals surface area (Å²) < 4.78 is 31.6. The molecule has 1 aliphatic heterocycles. The second-order valence-electron chi connectivity index (χ2n) is 7.83. The molecule has 6 nitrogen and oxygen atoms in total. The Balaban J connectivity index is 1.41. The highest BCUT2D eigenvalue weighted by Crippen LogP contribution is 2.32. The van der Waals surface area contributed by atoms with E-state index in [1.165, 1.54) is 18.2 Å². The van der Waals surface area contributed by atoms with E-state index in [0.29, 0.717) is 17.3 Å². The van der Waals surface area contributed by atoms with Gasteiger partial charge in [-0.3, -0.25) is 0 Å². The van der Waals surface area contributed by atoms with Crippen LogP contribution in [0.5, 0.6) is 0 Å². The van der Waals surface area contributed by atoms with Gasteiger partial charge >= 0.3 is 0 Å². The first-order valence-corrected chi connectivity index (χ1v) is 10.3. The van der Waals surface area contributed by atoms with Crippen LogP contribution in [0, 0.1) is 18.6 Å². The number of anilines is 2. The SMILES string of the molecule is Cc1cn(-c2ccc(Nc3nc4n(n3)CCCC[C@H]4c3ccc(F)cc3)cc2F)cn1. The Morgan fingerprint density at radius 3 is 2.65 bits per heavy atom. The molecule has 0 saturated carbocycles. The molecule has 2 aromatic carbocycles. The molecule has 5 rings (SSSR count). The average molecular weight is 420 g/mol. The molecule has 0 aliphatic carbocycles. The molecule has 4 aromatic rings. The molecule has 1 atom stereocenters. The first kappa shape index (κ1) is 19.4. The van der Waals surface area contributed by atoms with Crippen molar-refractivity contribution in [3.05, 3.63) is 83.7 Å². The Kier molecular flexibility index (Phi) is 4.97. The van der Waals surface area contributed by atoms with Crippen molar-refractivity contribution < 1.29 is 8.78 Å². The van der Waals surface area contributed by atoms with Crippen LogP contribution in [-0.4, -0.2) is 24.3 Å². The highest BCUT2D eigenvalue weighted by Gasteiger charge is 2.24. The molecule has 0 bridgehead atoms. The van der Waals surface area contributed by atoms with E-state index in [0.717, 1.165) is 42.9 Å². The number of aryl methyl sites for hydroxylation is 2. The van der Waals surface area contributed by atoms with Crippen molar-refractivity contribution in [3.63, 3.8) is 0 Å². The Morgan fingerprint density at radius 2 is 1.90 bits per heavy atom. The van der Waals surface area contributed by atoms with Gasteiger partial charge in [-0.2, -0.15) is 4.98 Å². The number of halogens is 2. The van der Waals surface area contributed by atoms with Gasteiger partial charge in [0.05, 0.1) is 17.7 Å². The second kappa shape index (κ2) is 7.94. The van der Waals surface area contributed by atoms with Gasteiger partial charge in [-0.05, 0) is 55.7 Å². The molecule has 31 heavy (non-hydrogen) atoms. The predicted molar refractivity (Wildman–Crippen MR) is 114 cm³/mol. The molecule has 158 valence electrons. The first-order valence-electron chi connectivity index (χ1n) is 10.3. The lowest BCUT2D eigenvalue weighted by molar-refractivity contribution is 0.576. The summed E-state index contributed by atoms with van der Waals surface area (Å²) in [6.45, 7) is 2.63. The topological polar surface area (TPSA) is 60.6 Å². The molecule has 0 radical (unpaired) electrons. The molecule has 2 aromatic heterocycles. The van der Waals surface area contributed by atoms with Gasteiger partial charge in [-0.1, -0.05) is 18.6 Å². The summed E-state index contributed by atoms with van der Waals surface area (Å²) in [6, 6.07) is 11.5. The number of rotatable bonds is 4. The van der Waals surface area contributed by atoms with Crippen molar-refractivity contribution in [2.75, 3.05) is 5.32 Å². The van der Waals surface area contributed by atoms with Crippen molar-refractivity contribution in [2.45, 2.75) is 38.6 Å². The highest BCUT2D eigenvalue weighted by atomic mass is 19.1. The van der Waals surface area contributed by atoms with Gasteiger partial charge < -0.3 is 9.88 Å². The molecule has 0 saturated heterocycles. The van der Waals surface area contributed by atoms with E-state index < -0.39 is 0 Å². The number of nitrogens with one attached hydrogen (secondary N) is 1. The minimum atomic E-state index is -0.368. The number of hydrogen-bond donors (Lipinski definition) is 1. The Morgan fingerprint density at radius 1 is 1.06 bits per heavy atom. The fourth-order valence-corrected chi connectivity index (χ4v) is 4.06. The third-order valence-electron chi connectivity index (χ3n) is 5.59. The van der Waals surface area contributed by atoms with Crippen molar-refractivity contribution in [2.24, 2.45) is 0 Å². The maximum absolute atomic E-state index is 14.7. The van der Waals surface area contributed by atoms with Gasteiger partial charge in [0.15, 0.2) is 0 Å². The molecule has 0 spiro atoms. The largest absolute Gasteiger partial charge is 0.323 e. The first-order chi connectivity index (χ1) is 15.1. The number of fused-ring (bicyclic) bond motifs is 1. The maximum atomic E-state index is 14.7. The van der Waals surface area contributed by atoms with E-state index >= 15 is 0 Å². The third kappa shape index (κ3) is 3.93. The van der Waals surface area contributed by atoms with Crippen molar-refractivity contribution in [3.8, 4) is 5.69 Å². The van der Waals surface area contributed by atoms with Crippen molar-refractivity contribution in [1.82, 2.24) is 24.3 Å². The number of nitrogens with zero attached hydrogens (tertiary/aromatic N) is 5. The van der Waals surface area contributed by atoms with E-state index in [1.807, 2.05) is 23.7 Å². The van der Waals surface area contributed by atoms with E-state index in [9.17, 15) is 8.78 Å². The quantitative estimate of drug-likeness (QED) is 0.498. The monoisotopic (exact) mass is 420 g/mol. The van der Waals surface area contributed by atoms with Gasteiger partial charge in [0.25, 0.3) is 0 Å². The van der Waals surface area contributed by atoms with E-state index in [1.54, 1.807) is 29.2 Å². The van der Waals surface area contributed by atoms with Gasteiger partial charge in [0, 0.05) is 24.3 Å². The van der Waals surface area contributed by atoms with Gasteiger partial charge in [0.2, 0.25) is 5.95 Å². The van der Waals surface area contributed by atoms with E-state index in [-0.39, 0.29) is 17.6 Å². The van der Waals surface area contributed by atoms with Crippen LogP contribution in [0.25, 0.3) is 5.69 Å². The summed E-state index contributed by atoms with van der Waals surface area (Å²) >= 11 is 0. The molecule has 8 heteroatoms. The van der Waals surface area contributed by atoms with E-state index in [2.05, 4.69) is 15.4 Å². The van der Waals surface area contributed by atoms with Crippen LogP contribution in [0.2, 0.25) is 0 Å². The van der Waals surface area contributed by atoms with Crippen LogP contribution in [0.3, 0.4) is 0 Å². The molecule has 1 aliphatic rings. The lowest BCUT2D eigenvalue weighted by atomic mass is 9.93. The minimum absolute atomic E-state index is 0.0507. The number of aromatic nitrogens is 5. The molecule has 0 unspecified atom stereocenters. The van der Waals surface area contributed by atoms with Crippen LogP contribution in [0.1, 0.15) is 42.3 Å². The summed E-state index contributed by atoms with van der Waals surface area (Å²) in [5.41, 5.74) is 2.84. The average Bonchev–Trinajstić information content (AvgIpc) is 3.30. The summed E-state index contributed by atoms with van der Waals surface area (Å²) in [6.07, 6.45) is 6.34. The maximum Gasteiger partial charge on any atom is 0.246 e. The number of benzene rings is 2. The zero-order valence-electron chi connectivity index (χ0n) is 17.1. The normalized spacial score (nSPS) is 16.0. The van der Waals surface area contributed by atoms with Gasteiger partial charge in [-0.25, -0.2) is 18.4 Å². The predicted octanol–water partition coefficient (Wildman–Crippen LogP) is 5.11. The van der Waals surface area contributed by atoms with Crippen LogP contribution in [0.4, 0.5) is 20.4 Å². The second-order valence-corrected chi connectivity index (χ2v) is 7.83. The number of hydrogen-bond acceptors (Lipinski definition) is 4. The van der Waals surface area contributed by atoms with Crippen LogP contribution in [-0.2, 0) is 6.54 Å². The Hall–Kier alpha value is -3.55. The molecule has 1 N–H and O–H groups in total. The van der Waals surface area contributed by atoms with Crippen LogP contribution in [0.15, 0.2) is 55.0 Å². The molecular weight excluding hydrogens is 398 g/mol. The fourth-order valence-electron chi connectivity index (χ4n) is 4.06. The molecule has 0 fully saturated rings. The third-order valence-corrected chi connectivity index (χ3v) is 5.59.